The van der Waals surface area contributed by atoms with Gasteiger partial charge in [-0.3, -0.25) is 9.36 Å². The van der Waals surface area contributed by atoms with Gasteiger partial charge in [0.25, 0.3) is 5.56 Å². The number of rotatable bonds is 8. The van der Waals surface area contributed by atoms with Crippen molar-refractivity contribution in [2.45, 2.75) is 32.5 Å². The molecule has 1 aliphatic heterocycles. The third kappa shape index (κ3) is 5.15. The normalized spacial score (nSPS) is 19.7. The summed E-state index contributed by atoms with van der Waals surface area (Å²) in [7, 11) is 1.73. The van der Waals surface area contributed by atoms with Crippen molar-refractivity contribution in [3.05, 3.63) is 99.3 Å². The van der Waals surface area contributed by atoms with E-state index < -0.39 is 12.1 Å². The molecule has 1 amide bonds. The average molecular weight is 568 g/mol. The SMILES string of the molecule is Cc1cc(C(C)Nc2ccccc2C(=O)O)c2nc(N3C[C@@H]4[C@H](C3)[C@@H]4NC(=O)OCc3ccccc3)n(C)c(=O)c2c1. The molecule has 1 aliphatic carbocycles. The van der Waals surface area contributed by atoms with Crippen molar-refractivity contribution in [1.29, 1.82) is 0 Å². The van der Waals surface area contributed by atoms with E-state index in [9.17, 15) is 19.5 Å². The van der Waals surface area contributed by atoms with E-state index in [-0.39, 0.29) is 41.6 Å². The molecule has 2 heterocycles. The van der Waals surface area contributed by atoms with E-state index in [4.69, 9.17) is 9.72 Å². The van der Waals surface area contributed by atoms with Gasteiger partial charge < -0.3 is 25.4 Å². The second-order valence-corrected chi connectivity index (χ2v) is 11.2. The van der Waals surface area contributed by atoms with Crippen molar-refractivity contribution in [2.75, 3.05) is 23.3 Å². The van der Waals surface area contributed by atoms with E-state index >= 15 is 0 Å². The average Bonchev–Trinajstić information content (AvgIpc) is 3.40. The van der Waals surface area contributed by atoms with Crippen LogP contribution in [0.5, 0.6) is 0 Å². The van der Waals surface area contributed by atoms with Crippen molar-refractivity contribution >= 4 is 34.6 Å². The Kier molecular flexibility index (Phi) is 7.06. The lowest BCUT2D eigenvalue weighted by Gasteiger charge is -2.25. The van der Waals surface area contributed by atoms with Gasteiger partial charge in [0, 0.05) is 49.3 Å². The van der Waals surface area contributed by atoms with Gasteiger partial charge in [0.15, 0.2) is 0 Å². The number of hydrogen-bond acceptors (Lipinski definition) is 7. The second-order valence-electron chi connectivity index (χ2n) is 11.2. The molecule has 3 aromatic carbocycles. The standard InChI is InChI=1S/C32H33N5O5/c1-18-13-22(19(2)33-26-12-8-7-11-21(26)30(39)40)27-23(14-18)29(38)36(3)31(34-27)37-15-24-25(16-37)28(24)35-32(41)42-17-20-9-5-4-6-10-20/h4-14,19,24-25,28,33H,15-17H2,1-3H3,(H,35,41)(H,39,40)/t19?,24-,25+,28-. The highest BCUT2D eigenvalue weighted by atomic mass is 16.5. The molecule has 6 rings (SSSR count). The van der Waals surface area contributed by atoms with Crippen LogP contribution in [-0.2, 0) is 18.4 Å². The second kappa shape index (κ2) is 10.8. The van der Waals surface area contributed by atoms with E-state index in [2.05, 4.69) is 15.5 Å². The Labute approximate surface area is 242 Å². The summed E-state index contributed by atoms with van der Waals surface area (Å²) in [6, 6.07) is 19.9. The van der Waals surface area contributed by atoms with E-state index in [0.29, 0.717) is 35.6 Å². The molecule has 4 aromatic rings. The molecule has 2 aliphatic rings. The molecule has 0 radical (unpaired) electrons. The lowest BCUT2D eigenvalue weighted by atomic mass is 10.0. The Balaban J connectivity index is 1.20. The zero-order valence-corrected chi connectivity index (χ0v) is 23.7. The Hall–Kier alpha value is -4.86. The number of piperidine rings is 1. The molecule has 10 nitrogen and oxygen atoms in total. The number of carboxylic acid groups (broad SMARTS) is 1. The Bertz CT molecular complexity index is 1730. The van der Waals surface area contributed by atoms with Crippen LogP contribution < -0.4 is 21.1 Å². The summed E-state index contributed by atoms with van der Waals surface area (Å²) in [4.78, 5) is 44.8. The number of benzene rings is 3. The highest BCUT2D eigenvalue weighted by Crippen LogP contribution is 2.46. The van der Waals surface area contributed by atoms with Crippen molar-refractivity contribution in [1.82, 2.24) is 14.9 Å². The minimum Gasteiger partial charge on any atom is -0.478 e. The molecule has 3 N–H and O–H groups in total. The Morgan fingerprint density at radius 3 is 2.48 bits per heavy atom. The molecule has 1 unspecified atom stereocenters. The molecule has 0 bridgehead atoms. The predicted octanol–water partition coefficient (Wildman–Crippen LogP) is 4.47. The molecule has 1 aromatic heterocycles. The summed E-state index contributed by atoms with van der Waals surface area (Å²) < 4.78 is 6.97. The Morgan fingerprint density at radius 2 is 1.76 bits per heavy atom. The molecule has 42 heavy (non-hydrogen) atoms. The van der Waals surface area contributed by atoms with Crippen molar-refractivity contribution in [2.24, 2.45) is 18.9 Å². The van der Waals surface area contributed by atoms with Gasteiger partial charge in [-0.2, -0.15) is 0 Å². The maximum atomic E-state index is 13.6. The van der Waals surface area contributed by atoms with Gasteiger partial charge in [-0.25, -0.2) is 14.6 Å². The first-order chi connectivity index (χ1) is 20.2. The van der Waals surface area contributed by atoms with Crippen LogP contribution in [0, 0.1) is 18.8 Å². The molecule has 0 spiro atoms. The van der Waals surface area contributed by atoms with Gasteiger partial charge in [0.05, 0.1) is 22.5 Å². The number of alkyl carbamates (subject to hydrolysis) is 1. The number of carbonyl (C=O) groups is 2. The first-order valence-corrected chi connectivity index (χ1v) is 14.0. The fraction of sp³-hybridized carbons (Fsp3) is 0.312. The van der Waals surface area contributed by atoms with Gasteiger partial charge in [-0.05, 0) is 43.2 Å². The van der Waals surface area contributed by atoms with Crippen molar-refractivity contribution in [3.8, 4) is 0 Å². The summed E-state index contributed by atoms with van der Waals surface area (Å²) >= 11 is 0. The number of hydrogen-bond donors (Lipinski definition) is 3. The number of aryl methyl sites for hydroxylation is 1. The van der Waals surface area contributed by atoms with Crippen LogP contribution in [0.25, 0.3) is 10.9 Å². The number of aromatic carboxylic acids is 1. The number of nitrogens with one attached hydrogen (secondary N) is 2. The Morgan fingerprint density at radius 1 is 1.07 bits per heavy atom. The fourth-order valence-electron chi connectivity index (χ4n) is 6.07. The summed E-state index contributed by atoms with van der Waals surface area (Å²) in [6.07, 6.45) is -0.424. The lowest BCUT2D eigenvalue weighted by molar-refractivity contribution is 0.0697. The third-order valence-electron chi connectivity index (χ3n) is 8.30. The van der Waals surface area contributed by atoms with Gasteiger partial charge in [0.2, 0.25) is 5.95 Å². The quantitative estimate of drug-likeness (QED) is 0.285. The molecule has 2 fully saturated rings. The van der Waals surface area contributed by atoms with Gasteiger partial charge in [0.1, 0.15) is 6.61 Å². The molecule has 1 saturated heterocycles. The number of fused-ring (bicyclic) bond motifs is 2. The van der Waals surface area contributed by atoms with Crippen LogP contribution >= 0.6 is 0 Å². The van der Waals surface area contributed by atoms with Gasteiger partial charge >= 0.3 is 12.1 Å². The highest BCUT2D eigenvalue weighted by molar-refractivity contribution is 5.94. The number of aromatic nitrogens is 2. The van der Waals surface area contributed by atoms with Crippen LogP contribution in [0.2, 0.25) is 0 Å². The van der Waals surface area contributed by atoms with E-state index in [1.54, 1.807) is 35.9 Å². The number of anilines is 2. The predicted molar refractivity (Wildman–Crippen MR) is 160 cm³/mol. The zero-order chi connectivity index (χ0) is 29.5. The topological polar surface area (TPSA) is 126 Å². The number of nitrogens with zero attached hydrogens (tertiary/aromatic N) is 3. The molecule has 10 heteroatoms. The highest BCUT2D eigenvalue weighted by Gasteiger charge is 2.57. The van der Waals surface area contributed by atoms with Gasteiger partial charge in [-0.15, -0.1) is 0 Å². The number of carboxylic acids is 1. The molecule has 1 saturated carbocycles. The van der Waals surface area contributed by atoms with E-state index in [0.717, 1.165) is 16.7 Å². The molecule has 4 atom stereocenters. The first-order valence-electron chi connectivity index (χ1n) is 14.0. The summed E-state index contributed by atoms with van der Waals surface area (Å²) in [5.41, 5.74) is 3.78. The summed E-state index contributed by atoms with van der Waals surface area (Å²) in [5, 5.41) is 16.4. The first kappa shape index (κ1) is 27.3. The van der Waals surface area contributed by atoms with Crippen LogP contribution in [0.15, 0.2) is 71.5 Å². The molecule has 216 valence electrons. The molecular weight excluding hydrogens is 534 g/mol. The van der Waals surface area contributed by atoms with E-state index in [1.807, 2.05) is 56.3 Å². The van der Waals surface area contributed by atoms with Crippen LogP contribution in [0.3, 0.4) is 0 Å². The lowest BCUT2D eigenvalue weighted by Crippen LogP contribution is -2.37. The number of amides is 1. The fourth-order valence-corrected chi connectivity index (χ4v) is 6.07. The van der Waals surface area contributed by atoms with E-state index in [1.165, 1.54) is 0 Å². The maximum Gasteiger partial charge on any atom is 0.407 e. The molecular formula is C32H33N5O5. The maximum absolute atomic E-state index is 13.6. The summed E-state index contributed by atoms with van der Waals surface area (Å²) in [6.45, 7) is 5.42. The monoisotopic (exact) mass is 567 g/mol. The number of ether oxygens (including phenoxy) is 1. The van der Waals surface area contributed by atoms with Crippen LogP contribution in [0.1, 0.15) is 40.0 Å². The minimum absolute atomic E-state index is 0.0405. The minimum atomic E-state index is -1.02. The third-order valence-corrected chi connectivity index (χ3v) is 8.30. The van der Waals surface area contributed by atoms with Crippen molar-refractivity contribution in [3.63, 3.8) is 0 Å². The van der Waals surface area contributed by atoms with Gasteiger partial charge in [-0.1, -0.05) is 48.5 Å². The smallest absolute Gasteiger partial charge is 0.407 e. The van der Waals surface area contributed by atoms with Crippen LogP contribution in [0.4, 0.5) is 16.4 Å². The van der Waals surface area contributed by atoms with Crippen LogP contribution in [-0.4, -0.2) is 45.9 Å². The van der Waals surface area contributed by atoms with Crippen molar-refractivity contribution < 1.29 is 19.4 Å². The summed E-state index contributed by atoms with van der Waals surface area (Å²) in [5.74, 6) is 0.0758. The zero-order valence-electron chi connectivity index (χ0n) is 23.7. The number of carbonyl (C=O) groups excluding carboxylic acids is 1. The largest absolute Gasteiger partial charge is 0.478 e. The number of para-hydroxylation sites is 1.